The van der Waals surface area contributed by atoms with E-state index in [1.807, 2.05) is 6.07 Å². The van der Waals surface area contributed by atoms with Gasteiger partial charge in [0.1, 0.15) is 23.5 Å². The minimum absolute atomic E-state index is 0.0467. The lowest BCUT2D eigenvalue weighted by Gasteiger charge is -2.17. The van der Waals surface area contributed by atoms with Gasteiger partial charge in [0, 0.05) is 6.54 Å². The number of benzene rings is 1. The summed E-state index contributed by atoms with van der Waals surface area (Å²) >= 11 is 0. The summed E-state index contributed by atoms with van der Waals surface area (Å²) in [6.45, 7) is 0.672. The van der Waals surface area contributed by atoms with Gasteiger partial charge in [-0.05, 0) is 31.4 Å². The van der Waals surface area contributed by atoms with E-state index in [1.165, 1.54) is 12.1 Å². The largest absolute Gasteiger partial charge is 0.373 e. The van der Waals surface area contributed by atoms with E-state index in [0.29, 0.717) is 18.7 Å². The van der Waals surface area contributed by atoms with Crippen molar-refractivity contribution in [2.75, 3.05) is 11.9 Å². The highest BCUT2D eigenvalue weighted by atomic mass is 19.1. The lowest BCUT2D eigenvalue weighted by atomic mass is 10.1. The van der Waals surface area contributed by atoms with Crippen LogP contribution in [0, 0.1) is 17.1 Å². The maximum atomic E-state index is 13.4. The molecule has 0 spiro atoms. The van der Waals surface area contributed by atoms with Crippen molar-refractivity contribution in [3.8, 4) is 6.07 Å². The van der Waals surface area contributed by atoms with Crippen molar-refractivity contribution >= 4 is 11.6 Å². The topological polar surface area (TPSA) is 64.9 Å². The first-order valence-corrected chi connectivity index (χ1v) is 5.95. The van der Waals surface area contributed by atoms with E-state index >= 15 is 0 Å². The number of carbonyl (C=O) groups excluding carboxylic acids is 1. The summed E-state index contributed by atoms with van der Waals surface area (Å²) < 4.78 is 13.4. The zero-order chi connectivity index (χ0) is 13.0. The van der Waals surface area contributed by atoms with Gasteiger partial charge in [-0.1, -0.05) is 6.07 Å². The number of nitrogens with one attached hydrogen (secondary N) is 2. The standard InChI is InChI=1S/C13H14FN3O/c14-10-4-3-6-11(9(10)8-15)17-12-5-1-2-7-16-13(12)18/h3-4,6,12,17H,1-2,5,7H2,(H,16,18)/t12-/m1/s1. The molecule has 2 N–H and O–H groups in total. The summed E-state index contributed by atoms with van der Waals surface area (Å²) in [5.74, 6) is -0.669. The number of rotatable bonds is 2. The third kappa shape index (κ3) is 2.59. The van der Waals surface area contributed by atoms with Crippen LogP contribution in [0.4, 0.5) is 10.1 Å². The second-order valence-electron chi connectivity index (χ2n) is 4.26. The third-order valence-electron chi connectivity index (χ3n) is 2.99. The zero-order valence-corrected chi connectivity index (χ0v) is 9.87. The maximum absolute atomic E-state index is 13.4. The van der Waals surface area contributed by atoms with E-state index in [9.17, 15) is 9.18 Å². The Hall–Kier alpha value is -2.09. The van der Waals surface area contributed by atoms with Crippen LogP contribution in [0.5, 0.6) is 0 Å². The molecule has 0 unspecified atom stereocenters. The SMILES string of the molecule is N#Cc1c(F)cccc1N[C@@H]1CCCCNC1=O. The molecule has 0 radical (unpaired) electrons. The van der Waals surface area contributed by atoms with Gasteiger partial charge in [-0.15, -0.1) is 0 Å². The molecule has 1 fully saturated rings. The Bertz CT molecular complexity index is 495. The lowest BCUT2D eigenvalue weighted by Crippen LogP contribution is -2.38. The van der Waals surface area contributed by atoms with Crippen LogP contribution in [0.1, 0.15) is 24.8 Å². The summed E-state index contributed by atoms with van der Waals surface area (Å²) in [7, 11) is 0. The molecule has 0 aliphatic carbocycles. The number of halogens is 1. The first kappa shape index (κ1) is 12.4. The molecule has 2 rings (SSSR count). The summed E-state index contributed by atoms with van der Waals surface area (Å²) in [6.07, 6.45) is 2.55. The fourth-order valence-corrected chi connectivity index (χ4v) is 2.02. The molecule has 1 heterocycles. The molecule has 4 nitrogen and oxygen atoms in total. The monoisotopic (exact) mass is 247 g/mol. The highest BCUT2D eigenvalue weighted by Crippen LogP contribution is 2.20. The molecule has 1 aromatic carbocycles. The van der Waals surface area contributed by atoms with Crippen LogP contribution < -0.4 is 10.6 Å². The number of amides is 1. The molecule has 1 aliphatic rings. The van der Waals surface area contributed by atoms with E-state index in [-0.39, 0.29) is 11.5 Å². The molecule has 1 saturated heterocycles. The fourth-order valence-electron chi connectivity index (χ4n) is 2.02. The average Bonchev–Trinajstić information content (AvgIpc) is 2.55. The van der Waals surface area contributed by atoms with Crippen LogP contribution >= 0.6 is 0 Å². The van der Waals surface area contributed by atoms with Gasteiger partial charge in [0.05, 0.1) is 5.69 Å². The number of anilines is 1. The summed E-state index contributed by atoms with van der Waals surface area (Å²) in [4.78, 5) is 11.8. The van der Waals surface area contributed by atoms with Crippen molar-refractivity contribution < 1.29 is 9.18 Å². The van der Waals surface area contributed by atoms with Gasteiger partial charge in [0.15, 0.2) is 0 Å². The summed E-state index contributed by atoms with van der Waals surface area (Å²) in [5.41, 5.74) is 0.328. The van der Waals surface area contributed by atoms with Crippen LogP contribution in [-0.2, 0) is 4.79 Å². The van der Waals surface area contributed by atoms with Gasteiger partial charge in [-0.3, -0.25) is 4.79 Å². The van der Waals surface area contributed by atoms with E-state index in [0.717, 1.165) is 12.8 Å². The van der Waals surface area contributed by atoms with E-state index in [4.69, 9.17) is 5.26 Å². The van der Waals surface area contributed by atoms with Crippen molar-refractivity contribution in [3.05, 3.63) is 29.6 Å². The van der Waals surface area contributed by atoms with Crippen molar-refractivity contribution in [3.63, 3.8) is 0 Å². The number of nitriles is 1. The molecule has 0 aromatic heterocycles. The van der Waals surface area contributed by atoms with E-state index in [2.05, 4.69) is 10.6 Å². The van der Waals surface area contributed by atoms with Gasteiger partial charge in [0.25, 0.3) is 0 Å². The summed E-state index contributed by atoms with van der Waals surface area (Å²) in [5, 5.41) is 14.7. The second-order valence-corrected chi connectivity index (χ2v) is 4.26. The molecule has 5 heteroatoms. The van der Waals surface area contributed by atoms with Gasteiger partial charge >= 0.3 is 0 Å². The van der Waals surface area contributed by atoms with E-state index in [1.54, 1.807) is 6.07 Å². The Morgan fingerprint density at radius 3 is 3.06 bits per heavy atom. The predicted molar refractivity (Wildman–Crippen MR) is 65.4 cm³/mol. The number of hydrogen-bond donors (Lipinski definition) is 2. The molecule has 0 bridgehead atoms. The number of nitrogens with zero attached hydrogens (tertiary/aromatic N) is 1. The predicted octanol–water partition coefficient (Wildman–Crippen LogP) is 1.78. The van der Waals surface area contributed by atoms with Gasteiger partial charge in [-0.25, -0.2) is 4.39 Å². The zero-order valence-electron chi connectivity index (χ0n) is 9.87. The molecule has 18 heavy (non-hydrogen) atoms. The third-order valence-corrected chi connectivity index (χ3v) is 2.99. The number of hydrogen-bond acceptors (Lipinski definition) is 3. The first-order valence-electron chi connectivity index (χ1n) is 5.95. The quantitative estimate of drug-likeness (QED) is 0.837. The Labute approximate surface area is 105 Å². The highest BCUT2D eigenvalue weighted by molar-refractivity contribution is 5.85. The summed E-state index contributed by atoms with van der Waals surface area (Å²) in [6, 6.07) is 5.78. The van der Waals surface area contributed by atoms with Crippen molar-refractivity contribution in [1.82, 2.24) is 5.32 Å². The first-order chi connectivity index (χ1) is 8.72. The Morgan fingerprint density at radius 1 is 1.44 bits per heavy atom. The van der Waals surface area contributed by atoms with Crippen LogP contribution in [0.3, 0.4) is 0 Å². The van der Waals surface area contributed by atoms with Crippen molar-refractivity contribution in [2.24, 2.45) is 0 Å². The van der Waals surface area contributed by atoms with Crippen LogP contribution in [-0.4, -0.2) is 18.5 Å². The average molecular weight is 247 g/mol. The molecule has 94 valence electrons. The van der Waals surface area contributed by atoms with Gasteiger partial charge in [0.2, 0.25) is 5.91 Å². The number of carbonyl (C=O) groups is 1. The molecule has 1 aliphatic heterocycles. The molecule has 1 atom stereocenters. The Kier molecular flexibility index (Phi) is 3.78. The van der Waals surface area contributed by atoms with Crippen molar-refractivity contribution in [2.45, 2.75) is 25.3 Å². The molecule has 1 aromatic rings. The minimum Gasteiger partial charge on any atom is -0.373 e. The maximum Gasteiger partial charge on any atom is 0.242 e. The van der Waals surface area contributed by atoms with Crippen LogP contribution in [0.15, 0.2) is 18.2 Å². The van der Waals surface area contributed by atoms with Crippen molar-refractivity contribution in [1.29, 1.82) is 5.26 Å². The van der Waals surface area contributed by atoms with Crippen LogP contribution in [0.25, 0.3) is 0 Å². The molecule has 1 amide bonds. The molecule has 0 saturated carbocycles. The normalized spacial score (nSPS) is 19.6. The van der Waals surface area contributed by atoms with Gasteiger partial charge in [-0.2, -0.15) is 5.26 Å². The smallest absolute Gasteiger partial charge is 0.242 e. The van der Waals surface area contributed by atoms with E-state index < -0.39 is 11.9 Å². The van der Waals surface area contributed by atoms with Gasteiger partial charge < -0.3 is 10.6 Å². The highest BCUT2D eigenvalue weighted by Gasteiger charge is 2.21. The lowest BCUT2D eigenvalue weighted by molar-refractivity contribution is -0.121. The minimum atomic E-state index is -0.573. The fraction of sp³-hybridized carbons (Fsp3) is 0.385. The second kappa shape index (κ2) is 5.50. The molecular formula is C13H14FN3O. The Balaban J connectivity index is 2.20. The molecular weight excluding hydrogens is 233 g/mol. The Morgan fingerprint density at radius 2 is 2.28 bits per heavy atom. The van der Waals surface area contributed by atoms with Crippen LogP contribution in [0.2, 0.25) is 0 Å².